The predicted octanol–water partition coefficient (Wildman–Crippen LogP) is 1.63. The lowest BCUT2D eigenvalue weighted by molar-refractivity contribution is -0.121. The average Bonchev–Trinajstić information content (AvgIpc) is 2.67. The van der Waals surface area contributed by atoms with E-state index in [-0.39, 0.29) is 0 Å². The number of Topliss-reactive ketones (excluding diaryl/α,β-unsaturated/α-hetero) is 1. The molecule has 2 fully saturated rings. The van der Waals surface area contributed by atoms with E-state index in [2.05, 4.69) is 23.9 Å². The van der Waals surface area contributed by atoms with Gasteiger partial charge in [-0.1, -0.05) is 0 Å². The summed E-state index contributed by atoms with van der Waals surface area (Å²) in [4.78, 5) is 16.1. The van der Waals surface area contributed by atoms with Crippen LogP contribution in [0.4, 0.5) is 0 Å². The summed E-state index contributed by atoms with van der Waals surface area (Å²) in [6.07, 6.45) is 5.24. The summed E-state index contributed by atoms with van der Waals surface area (Å²) in [5.74, 6) is 2.09. The van der Waals surface area contributed by atoms with Crippen LogP contribution in [0.3, 0.4) is 0 Å². The van der Waals surface area contributed by atoms with Gasteiger partial charge in [-0.3, -0.25) is 4.79 Å². The van der Waals surface area contributed by atoms with Crippen LogP contribution in [0.2, 0.25) is 0 Å². The number of hydrogen-bond donors (Lipinski definition) is 0. The second kappa shape index (κ2) is 5.96. The Hall–Kier alpha value is -0.410. The molecule has 1 aliphatic heterocycles. The Bertz CT molecular complexity index is 257. The Kier molecular flexibility index (Phi) is 4.57. The fourth-order valence-corrected chi connectivity index (χ4v) is 3.31. The zero-order valence-corrected chi connectivity index (χ0v) is 11.3. The summed E-state index contributed by atoms with van der Waals surface area (Å²) in [6.45, 7) is 4.94. The molecule has 0 radical (unpaired) electrons. The van der Waals surface area contributed by atoms with Crippen LogP contribution in [-0.4, -0.2) is 55.9 Å². The van der Waals surface area contributed by atoms with Gasteiger partial charge in [-0.15, -0.1) is 0 Å². The summed E-state index contributed by atoms with van der Waals surface area (Å²) in [5.41, 5.74) is 0. The molecule has 98 valence electrons. The van der Waals surface area contributed by atoms with Gasteiger partial charge in [0.1, 0.15) is 5.78 Å². The van der Waals surface area contributed by atoms with Gasteiger partial charge in [0.05, 0.1) is 0 Å². The van der Waals surface area contributed by atoms with Crippen molar-refractivity contribution < 1.29 is 4.79 Å². The van der Waals surface area contributed by atoms with E-state index in [4.69, 9.17) is 0 Å². The molecule has 2 aliphatic rings. The molecular weight excluding hydrogens is 212 g/mol. The van der Waals surface area contributed by atoms with Gasteiger partial charge in [-0.25, -0.2) is 0 Å². The van der Waals surface area contributed by atoms with Gasteiger partial charge < -0.3 is 9.80 Å². The van der Waals surface area contributed by atoms with Gasteiger partial charge in [-0.05, 0) is 51.7 Å². The molecule has 0 aromatic heterocycles. The quantitative estimate of drug-likeness (QED) is 0.744. The first-order chi connectivity index (χ1) is 8.13. The minimum Gasteiger partial charge on any atom is -0.306 e. The van der Waals surface area contributed by atoms with Crippen LogP contribution in [0, 0.1) is 11.8 Å². The SMILES string of the molecule is CN1CCC(CN(C)CC2CCC(=O)CC2)C1. The van der Waals surface area contributed by atoms with Crippen LogP contribution in [0.25, 0.3) is 0 Å². The average molecular weight is 238 g/mol. The largest absolute Gasteiger partial charge is 0.306 e. The molecule has 0 spiro atoms. The molecule has 0 bridgehead atoms. The molecule has 0 aromatic carbocycles. The standard InChI is InChI=1S/C14H26N2O/c1-15-8-7-13(10-15)11-16(2)9-12-3-5-14(17)6-4-12/h12-13H,3-11H2,1-2H3. The number of ketones is 1. The third kappa shape index (κ3) is 4.07. The van der Waals surface area contributed by atoms with Crippen LogP contribution < -0.4 is 0 Å². The molecular formula is C14H26N2O. The Balaban J connectivity index is 1.66. The zero-order chi connectivity index (χ0) is 12.3. The van der Waals surface area contributed by atoms with Crippen LogP contribution in [0.5, 0.6) is 0 Å². The van der Waals surface area contributed by atoms with E-state index in [0.29, 0.717) is 5.78 Å². The Labute approximate surface area is 105 Å². The van der Waals surface area contributed by atoms with Crippen molar-refractivity contribution in [1.29, 1.82) is 0 Å². The Morgan fingerprint density at radius 2 is 1.82 bits per heavy atom. The first-order valence-electron chi connectivity index (χ1n) is 7.02. The number of nitrogens with zero attached hydrogens (tertiary/aromatic N) is 2. The lowest BCUT2D eigenvalue weighted by Crippen LogP contribution is -2.33. The molecule has 1 unspecified atom stereocenters. The maximum Gasteiger partial charge on any atom is 0.132 e. The third-order valence-electron chi connectivity index (χ3n) is 4.29. The summed E-state index contributed by atoms with van der Waals surface area (Å²) >= 11 is 0. The van der Waals surface area contributed by atoms with Gasteiger partial charge in [0, 0.05) is 32.5 Å². The molecule has 0 amide bonds. The van der Waals surface area contributed by atoms with Gasteiger partial charge >= 0.3 is 0 Å². The number of likely N-dealkylation sites (tertiary alicyclic amines) is 1. The number of carbonyl (C=O) groups excluding carboxylic acids is 1. The third-order valence-corrected chi connectivity index (χ3v) is 4.29. The van der Waals surface area contributed by atoms with Gasteiger partial charge in [0.25, 0.3) is 0 Å². The summed E-state index contributed by atoms with van der Waals surface area (Å²) in [7, 11) is 4.46. The van der Waals surface area contributed by atoms with E-state index < -0.39 is 0 Å². The Morgan fingerprint density at radius 3 is 2.41 bits per heavy atom. The predicted molar refractivity (Wildman–Crippen MR) is 70.1 cm³/mol. The maximum atomic E-state index is 11.2. The van der Waals surface area contributed by atoms with Gasteiger partial charge in [-0.2, -0.15) is 0 Å². The van der Waals surface area contributed by atoms with Crippen molar-refractivity contribution in [2.75, 3.05) is 40.3 Å². The van der Waals surface area contributed by atoms with Gasteiger partial charge in [0.2, 0.25) is 0 Å². The molecule has 17 heavy (non-hydrogen) atoms. The molecule has 2 rings (SSSR count). The van der Waals surface area contributed by atoms with E-state index in [0.717, 1.165) is 37.5 Å². The highest BCUT2D eigenvalue weighted by Crippen LogP contribution is 2.23. The molecule has 3 nitrogen and oxygen atoms in total. The monoisotopic (exact) mass is 238 g/mol. The molecule has 1 atom stereocenters. The van der Waals surface area contributed by atoms with E-state index in [1.165, 1.54) is 32.6 Å². The summed E-state index contributed by atoms with van der Waals surface area (Å²) in [5, 5.41) is 0. The molecule has 1 aliphatic carbocycles. The minimum absolute atomic E-state index is 0.473. The van der Waals surface area contributed by atoms with E-state index >= 15 is 0 Å². The second-order valence-electron chi connectivity index (χ2n) is 6.12. The fourth-order valence-electron chi connectivity index (χ4n) is 3.31. The van der Waals surface area contributed by atoms with E-state index in [1.807, 2.05) is 0 Å². The van der Waals surface area contributed by atoms with Crippen molar-refractivity contribution in [3.63, 3.8) is 0 Å². The molecule has 1 heterocycles. The van der Waals surface area contributed by atoms with Crippen molar-refractivity contribution in [2.24, 2.45) is 11.8 Å². The molecule has 3 heteroatoms. The number of hydrogen-bond acceptors (Lipinski definition) is 3. The molecule has 1 saturated heterocycles. The number of rotatable bonds is 4. The summed E-state index contributed by atoms with van der Waals surface area (Å²) in [6, 6.07) is 0. The van der Waals surface area contributed by atoms with Gasteiger partial charge in [0.15, 0.2) is 0 Å². The maximum absolute atomic E-state index is 11.2. The minimum atomic E-state index is 0.473. The van der Waals surface area contributed by atoms with Crippen molar-refractivity contribution in [3.05, 3.63) is 0 Å². The fraction of sp³-hybridized carbons (Fsp3) is 0.929. The molecule has 0 N–H and O–H groups in total. The van der Waals surface area contributed by atoms with Crippen LogP contribution in [0.15, 0.2) is 0 Å². The van der Waals surface area contributed by atoms with Crippen molar-refractivity contribution in [2.45, 2.75) is 32.1 Å². The molecule has 0 aromatic rings. The Morgan fingerprint density at radius 1 is 1.18 bits per heavy atom. The number of carbonyl (C=O) groups is 1. The first-order valence-corrected chi connectivity index (χ1v) is 7.02. The highest BCUT2D eigenvalue weighted by atomic mass is 16.1. The smallest absolute Gasteiger partial charge is 0.132 e. The normalized spacial score (nSPS) is 28.2. The lowest BCUT2D eigenvalue weighted by Gasteiger charge is -2.28. The first kappa shape index (κ1) is 13.0. The zero-order valence-electron chi connectivity index (χ0n) is 11.3. The van der Waals surface area contributed by atoms with Crippen LogP contribution in [0.1, 0.15) is 32.1 Å². The summed E-state index contributed by atoms with van der Waals surface area (Å²) < 4.78 is 0. The highest BCUT2D eigenvalue weighted by Gasteiger charge is 2.23. The van der Waals surface area contributed by atoms with Crippen LogP contribution in [-0.2, 0) is 4.79 Å². The van der Waals surface area contributed by atoms with E-state index in [9.17, 15) is 4.79 Å². The van der Waals surface area contributed by atoms with Crippen LogP contribution >= 0.6 is 0 Å². The van der Waals surface area contributed by atoms with E-state index in [1.54, 1.807) is 0 Å². The second-order valence-corrected chi connectivity index (χ2v) is 6.12. The van der Waals surface area contributed by atoms with Crippen molar-refractivity contribution in [3.8, 4) is 0 Å². The highest BCUT2D eigenvalue weighted by molar-refractivity contribution is 5.79. The topological polar surface area (TPSA) is 23.6 Å². The van der Waals surface area contributed by atoms with Crippen molar-refractivity contribution >= 4 is 5.78 Å². The molecule has 1 saturated carbocycles. The lowest BCUT2D eigenvalue weighted by atomic mass is 9.88. The van der Waals surface area contributed by atoms with Crippen molar-refractivity contribution in [1.82, 2.24) is 9.80 Å².